The van der Waals surface area contributed by atoms with E-state index < -0.39 is 34.8 Å². The Bertz CT molecular complexity index is 739. The van der Waals surface area contributed by atoms with Crippen molar-refractivity contribution < 1.29 is 19.4 Å². The van der Waals surface area contributed by atoms with Crippen LogP contribution in [0.15, 0.2) is 0 Å². The third-order valence-corrected chi connectivity index (χ3v) is 7.49. The molecule has 0 aromatic carbocycles. The Hall–Kier alpha value is -1.81. The van der Waals surface area contributed by atoms with Gasteiger partial charge in [-0.15, -0.1) is 0 Å². The standard InChI is InChI=1S/C23H35N3O4/c1-21(2,3)25-20(28)30-18(19(27)26-7-5-4-6-17(26)13-24)22-9-15-8-16(10-22)12-23(29,11-15)14-22/h15-18,29H,4-12,14H2,1-3H3,(H,25,28)/t15?,16?,17-,18?,22?,23?/m0/s1. The monoisotopic (exact) mass is 417 g/mol. The highest BCUT2D eigenvalue weighted by Gasteiger charge is 2.62. The van der Waals surface area contributed by atoms with Crippen molar-refractivity contribution in [1.82, 2.24) is 10.2 Å². The number of hydrogen-bond acceptors (Lipinski definition) is 5. The van der Waals surface area contributed by atoms with Gasteiger partial charge >= 0.3 is 6.09 Å². The number of aliphatic hydroxyl groups is 1. The first-order chi connectivity index (χ1) is 14.0. The van der Waals surface area contributed by atoms with E-state index in [-0.39, 0.29) is 5.91 Å². The number of ether oxygens (including phenoxy) is 1. The lowest BCUT2D eigenvalue weighted by Gasteiger charge is -2.61. The molecule has 166 valence electrons. The molecule has 3 unspecified atom stereocenters. The molecule has 7 heteroatoms. The van der Waals surface area contributed by atoms with Crippen molar-refractivity contribution in [1.29, 1.82) is 5.26 Å². The normalized spacial score (nSPS) is 38.6. The van der Waals surface area contributed by atoms with Crippen LogP contribution in [0.5, 0.6) is 0 Å². The quantitative estimate of drug-likeness (QED) is 0.734. The highest BCUT2D eigenvalue weighted by molar-refractivity contribution is 5.85. The van der Waals surface area contributed by atoms with Gasteiger partial charge in [-0.25, -0.2) is 4.79 Å². The molecule has 5 rings (SSSR count). The second kappa shape index (κ2) is 7.40. The van der Waals surface area contributed by atoms with Crippen molar-refractivity contribution in [3.05, 3.63) is 0 Å². The van der Waals surface area contributed by atoms with E-state index in [0.717, 1.165) is 44.9 Å². The molecule has 5 aliphatic rings. The molecule has 7 nitrogen and oxygen atoms in total. The summed E-state index contributed by atoms with van der Waals surface area (Å²) in [6.07, 6.45) is 5.63. The average Bonchev–Trinajstić information content (AvgIpc) is 2.62. The minimum Gasteiger partial charge on any atom is -0.435 e. The van der Waals surface area contributed by atoms with Crippen LogP contribution in [0.4, 0.5) is 4.79 Å². The van der Waals surface area contributed by atoms with Crippen LogP contribution in [0.1, 0.15) is 78.6 Å². The molecule has 0 radical (unpaired) electrons. The minimum absolute atomic E-state index is 0.254. The Morgan fingerprint density at radius 3 is 2.43 bits per heavy atom. The molecule has 1 saturated heterocycles. The van der Waals surface area contributed by atoms with Crippen LogP contribution in [0, 0.1) is 28.6 Å². The lowest BCUT2D eigenvalue weighted by molar-refractivity contribution is -0.202. The van der Waals surface area contributed by atoms with Crippen LogP contribution >= 0.6 is 0 Å². The molecule has 1 aliphatic heterocycles. The number of piperidine rings is 1. The van der Waals surface area contributed by atoms with Gasteiger partial charge in [0.2, 0.25) is 0 Å². The Kier molecular flexibility index (Phi) is 5.29. The van der Waals surface area contributed by atoms with E-state index in [9.17, 15) is 20.0 Å². The fourth-order valence-corrected chi connectivity index (χ4v) is 6.95. The fraction of sp³-hybridized carbons (Fsp3) is 0.870. The van der Waals surface area contributed by atoms with Gasteiger partial charge < -0.3 is 20.1 Å². The SMILES string of the molecule is CC(C)(C)NC(=O)OC(C(=O)N1CCCC[C@H]1C#N)C12CC3CC(CC(O)(C3)C1)C2. The number of hydrogen-bond donors (Lipinski definition) is 2. The first-order valence-electron chi connectivity index (χ1n) is 11.4. The number of carbonyl (C=O) groups excluding carboxylic acids is 2. The van der Waals surface area contributed by atoms with Gasteiger partial charge in [-0.05, 0) is 90.4 Å². The molecule has 0 spiro atoms. The highest BCUT2D eigenvalue weighted by atomic mass is 16.6. The summed E-state index contributed by atoms with van der Waals surface area (Å²) in [7, 11) is 0. The van der Waals surface area contributed by atoms with Crippen molar-refractivity contribution >= 4 is 12.0 Å². The van der Waals surface area contributed by atoms with Crippen LogP contribution in [-0.4, -0.2) is 51.8 Å². The predicted octanol–water partition coefficient (Wildman–Crippen LogP) is 3.12. The van der Waals surface area contributed by atoms with Gasteiger partial charge in [0.15, 0.2) is 6.10 Å². The van der Waals surface area contributed by atoms with Gasteiger partial charge in [0, 0.05) is 17.5 Å². The molecular weight excluding hydrogens is 382 g/mol. The van der Waals surface area contributed by atoms with Gasteiger partial charge in [-0.3, -0.25) is 4.79 Å². The summed E-state index contributed by atoms with van der Waals surface area (Å²) in [5.41, 5.74) is -1.78. The molecule has 4 atom stereocenters. The van der Waals surface area contributed by atoms with Gasteiger partial charge in [0.1, 0.15) is 6.04 Å². The molecule has 0 aromatic rings. The summed E-state index contributed by atoms with van der Waals surface area (Å²) in [6, 6.07) is 1.79. The highest BCUT2D eigenvalue weighted by Crippen LogP contribution is 2.63. The van der Waals surface area contributed by atoms with E-state index >= 15 is 0 Å². The molecule has 4 saturated carbocycles. The van der Waals surface area contributed by atoms with Gasteiger partial charge in [-0.2, -0.15) is 5.26 Å². The zero-order valence-electron chi connectivity index (χ0n) is 18.4. The van der Waals surface area contributed by atoms with E-state index in [4.69, 9.17) is 4.74 Å². The van der Waals surface area contributed by atoms with E-state index in [1.807, 2.05) is 20.8 Å². The third kappa shape index (κ3) is 4.03. The summed E-state index contributed by atoms with van der Waals surface area (Å²) in [5.74, 6) is 0.485. The summed E-state index contributed by atoms with van der Waals surface area (Å²) >= 11 is 0. The molecule has 4 bridgehead atoms. The second-order valence-electron chi connectivity index (χ2n) is 11.4. The summed E-state index contributed by atoms with van der Waals surface area (Å²) < 4.78 is 5.90. The predicted molar refractivity (Wildman–Crippen MR) is 110 cm³/mol. The van der Waals surface area contributed by atoms with Crippen molar-refractivity contribution in [2.75, 3.05) is 6.54 Å². The van der Waals surface area contributed by atoms with E-state index in [0.29, 0.717) is 31.2 Å². The number of nitrogens with one attached hydrogen (secondary N) is 1. The maximum absolute atomic E-state index is 13.8. The maximum atomic E-state index is 13.8. The van der Waals surface area contributed by atoms with Crippen molar-refractivity contribution in [3.8, 4) is 6.07 Å². The third-order valence-electron chi connectivity index (χ3n) is 7.49. The molecular formula is C23H35N3O4. The number of carbonyl (C=O) groups is 2. The molecule has 1 heterocycles. The van der Waals surface area contributed by atoms with E-state index in [1.165, 1.54) is 0 Å². The first-order valence-corrected chi connectivity index (χ1v) is 11.4. The minimum atomic E-state index is -0.953. The Balaban J connectivity index is 1.65. The number of rotatable bonds is 3. The van der Waals surface area contributed by atoms with Crippen LogP contribution < -0.4 is 5.32 Å². The van der Waals surface area contributed by atoms with Crippen LogP contribution in [0.2, 0.25) is 0 Å². The fourth-order valence-electron chi connectivity index (χ4n) is 6.95. The molecule has 2 N–H and O–H groups in total. The van der Waals surface area contributed by atoms with Crippen molar-refractivity contribution in [2.45, 2.75) is 102 Å². The number of nitriles is 1. The largest absolute Gasteiger partial charge is 0.435 e. The molecule has 4 aliphatic carbocycles. The van der Waals surface area contributed by atoms with Crippen LogP contribution in [0.3, 0.4) is 0 Å². The van der Waals surface area contributed by atoms with Crippen molar-refractivity contribution in [3.63, 3.8) is 0 Å². The Morgan fingerprint density at radius 1 is 1.20 bits per heavy atom. The summed E-state index contributed by atoms with van der Waals surface area (Å²) in [5, 5.41) is 23.6. The second-order valence-corrected chi connectivity index (χ2v) is 11.4. The zero-order valence-corrected chi connectivity index (χ0v) is 18.4. The Labute approximate surface area is 179 Å². The molecule has 5 fully saturated rings. The zero-order chi connectivity index (χ0) is 21.7. The Morgan fingerprint density at radius 2 is 1.87 bits per heavy atom. The van der Waals surface area contributed by atoms with Gasteiger partial charge in [0.05, 0.1) is 11.7 Å². The summed E-state index contributed by atoms with van der Waals surface area (Å²) in [4.78, 5) is 28.2. The molecule has 2 amide bonds. The van der Waals surface area contributed by atoms with E-state index in [1.54, 1.807) is 4.90 Å². The maximum Gasteiger partial charge on any atom is 0.408 e. The average molecular weight is 418 g/mol. The van der Waals surface area contributed by atoms with Crippen LogP contribution in [-0.2, 0) is 9.53 Å². The number of nitrogens with zero attached hydrogens (tertiary/aromatic N) is 2. The van der Waals surface area contributed by atoms with Gasteiger partial charge in [-0.1, -0.05) is 0 Å². The number of likely N-dealkylation sites (tertiary alicyclic amines) is 1. The molecule has 0 aromatic heterocycles. The number of alkyl carbamates (subject to hydrolysis) is 1. The number of amides is 2. The molecule has 30 heavy (non-hydrogen) atoms. The summed E-state index contributed by atoms with van der Waals surface area (Å²) in [6.45, 7) is 6.13. The van der Waals surface area contributed by atoms with E-state index in [2.05, 4.69) is 11.4 Å². The first kappa shape index (κ1) is 21.4. The smallest absolute Gasteiger partial charge is 0.408 e. The van der Waals surface area contributed by atoms with Crippen molar-refractivity contribution in [2.24, 2.45) is 17.3 Å². The topological polar surface area (TPSA) is 103 Å². The lowest BCUT2D eigenvalue weighted by Crippen LogP contribution is -2.64. The van der Waals surface area contributed by atoms with Gasteiger partial charge in [0.25, 0.3) is 5.91 Å². The lowest BCUT2D eigenvalue weighted by atomic mass is 9.46. The van der Waals surface area contributed by atoms with Crippen LogP contribution in [0.25, 0.3) is 0 Å².